The minimum atomic E-state index is -4.59. The second kappa shape index (κ2) is 10.9. The number of benzene rings is 1. The van der Waals surface area contributed by atoms with Crippen LogP contribution in [0, 0.1) is 0 Å². The standard InChI is InChI=1S/C18H21N5O8S/c1-4-7-31-16(25)12-6-5-11(19-10-24)8-13(12)32(27,28)23-18(26)22-17-20-14(29-2)9-15(21-17)30-3/h5-6,8-10H,4,7H2,1-3H3,(H,19,24)(H2,20,21,22,23,26). The number of hydrogen-bond donors (Lipinski definition) is 3. The maximum atomic E-state index is 12.8. The van der Waals surface area contributed by atoms with Gasteiger partial charge < -0.3 is 19.5 Å². The Balaban J connectivity index is 2.33. The topological polar surface area (TPSA) is 175 Å². The molecule has 3 amide bonds. The highest BCUT2D eigenvalue weighted by molar-refractivity contribution is 7.90. The second-order valence-corrected chi connectivity index (χ2v) is 7.60. The first-order chi connectivity index (χ1) is 15.2. The van der Waals surface area contributed by atoms with E-state index in [4.69, 9.17) is 14.2 Å². The van der Waals surface area contributed by atoms with Crippen molar-refractivity contribution >= 4 is 40.1 Å². The first-order valence-electron chi connectivity index (χ1n) is 9.06. The smallest absolute Gasteiger partial charge is 0.339 e. The fraction of sp³-hybridized carbons (Fsp3) is 0.278. The van der Waals surface area contributed by atoms with Gasteiger partial charge in [-0.25, -0.2) is 22.7 Å². The molecule has 0 saturated heterocycles. The van der Waals surface area contributed by atoms with E-state index in [0.717, 1.165) is 12.1 Å². The predicted molar refractivity (Wildman–Crippen MR) is 111 cm³/mol. The van der Waals surface area contributed by atoms with Crippen molar-refractivity contribution in [3.8, 4) is 11.8 Å². The van der Waals surface area contributed by atoms with Crippen LogP contribution >= 0.6 is 0 Å². The number of ether oxygens (including phenoxy) is 3. The Morgan fingerprint density at radius 1 is 1.09 bits per heavy atom. The zero-order valence-corrected chi connectivity index (χ0v) is 18.2. The number of hydrogen-bond acceptors (Lipinski definition) is 10. The van der Waals surface area contributed by atoms with Crippen molar-refractivity contribution in [3.05, 3.63) is 29.8 Å². The molecule has 0 radical (unpaired) electrons. The normalized spacial score (nSPS) is 10.6. The molecule has 32 heavy (non-hydrogen) atoms. The largest absolute Gasteiger partial charge is 0.481 e. The summed E-state index contributed by atoms with van der Waals surface area (Å²) in [5, 5.41) is 4.42. The first-order valence-corrected chi connectivity index (χ1v) is 10.5. The van der Waals surface area contributed by atoms with Crippen LogP contribution in [0.25, 0.3) is 0 Å². The van der Waals surface area contributed by atoms with Crippen LogP contribution in [-0.4, -0.2) is 57.6 Å². The molecule has 0 aliphatic rings. The summed E-state index contributed by atoms with van der Waals surface area (Å²) in [6.07, 6.45) is 0.845. The number of rotatable bonds is 10. The van der Waals surface area contributed by atoms with Gasteiger partial charge in [-0.15, -0.1) is 0 Å². The number of sulfonamides is 1. The Labute approximate surface area is 183 Å². The highest BCUT2D eigenvalue weighted by Gasteiger charge is 2.26. The molecule has 0 spiro atoms. The molecule has 2 aromatic rings. The molecule has 0 bridgehead atoms. The number of carbonyl (C=O) groups excluding carboxylic acids is 3. The summed E-state index contributed by atoms with van der Waals surface area (Å²) >= 11 is 0. The number of amides is 3. The highest BCUT2D eigenvalue weighted by Crippen LogP contribution is 2.22. The summed E-state index contributed by atoms with van der Waals surface area (Å²) < 4.78 is 42.3. The first kappa shape index (κ1) is 24.3. The zero-order chi connectivity index (χ0) is 23.7. The summed E-state index contributed by atoms with van der Waals surface area (Å²) in [6, 6.07) is 3.61. The number of anilines is 2. The Kier molecular flexibility index (Phi) is 8.29. The molecule has 0 unspecified atom stereocenters. The molecule has 0 aliphatic heterocycles. The van der Waals surface area contributed by atoms with Crippen LogP contribution in [0.4, 0.5) is 16.4 Å². The highest BCUT2D eigenvalue weighted by atomic mass is 32.2. The fourth-order valence-electron chi connectivity index (χ4n) is 2.32. The van der Waals surface area contributed by atoms with E-state index < -0.39 is 26.9 Å². The van der Waals surface area contributed by atoms with Crippen molar-refractivity contribution in [2.24, 2.45) is 0 Å². The van der Waals surface area contributed by atoms with Crippen molar-refractivity contribution in [2.45, 2.75) is 18.2 Å². The van der Waals surface area contributed by atoms with Gasteiger partial charge in [0, 0.05) is 5.69 Å². The molecule has 0 atom stereocenters. The van der Waals surface area contributed by atoms with E-state index in [9.17, 15) is 22.8 Å². The molecule has 1 aromatic heterocycles. The van der Waals surface area contributed by atoms with Gasteiger partial charge >= 0.3 is 12.0 Å². The van der Waals surface area contributed by atoms with Crippen molar-refractivity contribution < 1.29 is 37.0 Å². The van der Waals surface area contributed by atoms with Gasteiger partial charge in [-0.05, 0) is 24.6 Å². The molecule has 0 fully saturated rings. The number of urea groups is 1. The predicted octanol–water partition coefficient (Wildman–Crippen LogP) is 1.14. The van der Waals surface area contributed by atoms with E-state index in [0.29, 0.717) is 12.8 Å². The van der Waals surface area contributed by atoms with Crippen molar-refractivity contribution in [1.82, 2.24) is 14.7 Å². The lowest BCUT2D eigenvalue weighted by Crippen LogP contribution is -2.35. The van der Waals surface area contributed by atoms with Crippen molar-refractivity contribution in [3.63, 3.8) is 0 Å². The van der Waals surface area contributed by atoms with Gasteiger partial charge in [0.1, 0.15) is 4.90 Å². The fourth-order valence-corrected chi connectivity index (χ4v) is 3.44. The Bertz CT molecular complexity index is 1080. The van der Waals surface area contributed by atoms with E-state index in [-0.39, 0.29) is 35.6 Å². The molecule has 2 rings (SSSR count). The van der Waals surface area contributed by atoms with Crippen molar-refractivity contribution in [2.75, 3.05) is 31.5 Å². The van der Waals surface area contributed by atoms with Crippen molar-refractivity contribution in [1.29, 1.82) is 0 Å². The number of esters is 1. The maximum Gasteiger partial charge on any atom is 0.339 e. The van der Waals surface area contributed by atoms with Gasteiger partial charge in [0.25, 0.3) is 10.0 Å². The summed E-state index contributed by atoms with van der Waals surface area (Å²) in [6.45, 7) is 1.83. The number of nitrogens with zero attached hydrogens (tertiary/aromatic N) is 2. The quantitative estimate of drug-likeness (QED) is 0.339. The number of methoxy groups -OCH3 is 2. The van der Waals surface area contributed by atoms with Crippen LogP contribution in [0.3, 0.4) is 0 Å². The van der Waals surface area contributed by atoms with E-state index in [1.807, 2.05) is 0 Å². The molecular formula is C18H21N5O8S. The Morgan fingerprint density at radius 3 is 2.31 bits per heavy atom. The summed E-state index contributed by atoms with van der Waals surface area (Å²) in [7, 11) is -1.93. The molecule has 14 heteroatoms. The molecule has 1 heterocycles. The van der Waals surface area contributed by atoms with Crippen LogP contribution in [0.1, 0.15) is 23.7 Å². The lowest BCUT2D eigenvalue weighted by atomic mass is 10.2. The molecule has 0 saturated carbocycles. The lowest BCUT2D eigenvalue weighted by molar-refractivity contribution is -0.105. The van der Waals surface area contributed by atoms with Gasteiger partial charge in [0.15, 0.2) is 0 Å². The summed E-state index contributed by atoms with van der Waals surface area (Å²) in [5.41, 5.74) is -0.247. The van der Waals surface area contributed by atoms with Crippen LogP contribution in [0.2, 0.25) is 0 Å². The van der Waals surface area contributed by atoms with E-state index in [1.54, 1.807) is 11.6 Å². The van der Waals surface area contributed by atoms with Crippen LogP contribution in [0.15, 0.2) is 29.2 Å². The van der Waals surface area contributed by atoms with Gasteiger partial charge in [0.05, 0.1) is 32.5 Å². The summed E-state index contributed by atoms with van der Waals surface area (Å²) in [5.74, 6) is -1.09. The molecule has 172 valence electrons. The molecule has 13 nitrogen and oxygen atoms in total. The molecule has 1 aromatic carbocycles. The third kappa shape index (κ3) is 6.28. The van der Waals surface area contributed by atoms with Gasteiger partial charge in [-0.1, -0.05) is 6.92 Å². The third-order valence-electron chi connectivity index (χ3n) is 3.70. The minimum Gasteiger partial charge on any atom is -0.481 e. The van der Waals surface area contributed by atoms with Gasteiger partial charge in [-0.2, -0.15) is 9.97 Å². The van der Waals surface area contributed by atoms with Gasteiger partial charge in [-0.3, -0.25) is 10.1 Å². The third-order valence-corrected chi connectivity index (χ3v) is 5.07. The van der Waals surface area contributed by atoms with Crippen LogP contribution < -0.4 is 24.8 Å². The SMILES string of the molecule is CCCOC(=O)c1ccc(NC=O)cc1S(=O)(=O)NC(=O)Nc1nc(OC)cc(OC)n1. The monoisotopic (exact) mass is 467 g/mol. The summed E-state index contributed by atoms with van der Waals surface area (Å²) in [4.78, 5) is 42.5. The minimum absolute atomic E-state index is 0.0589. The average molecular weight is 467 g/mol. The molecule has 3 N–H and O–H groups in total. The zero-order valence-electron chi connectivity index (χ0n) is 17.4. The number of nitrogens with one attached hydrogen (secondary N) is 3. The second-order valence-electron chi connectivity index (χ2n) is 5.94. The number of carbonyl (C=O) groups is 3. The van der Waals surface area contributed by atoms with E-state index >= 15 is 0 Å². The lowest BCUT2D eigenvalue weighted by Gasteiger charge is -2.13. The van der Waals surface area contributed by atoms with Crippen LogP contribution in [0.5, 0.6) is 11.8 Å². The molecule has 0 aliphatic carbocycles. The average Bonchev–Trinajstić information content (AvgIpc) is 2.76. The van der Waals surface area contributed by atoms with E-state index in [2.05, 4.69) is 20.6 Å². The number of aromatic nitrogens is 2. The maximum absolute atomic E-state index is 12.8. The Hall–Kier alpha value is -3.94. The molecular weight excluding hydrogens is 446 g/mol. The van der Waals surface area contributed by atoms with Gasteiger partial charge in [0.2, 0.25) is 24.1 Å². The van der Waals surface area contributed by atoms with E-state index in [1.165, 1.54) is 26.4 Å². The Morgan fingerprint density at radius 2 is 1.75 bits per heavy atom. The van der Waals surface area contributed by atoms with Crippen LogP contribution in [-0.2, 0) is 19.6 Å².